The first-order valence-corrected chi connectivity index (χ1v) is 6.01. The van der Waals surface area contributed by atoms with E-state index in [0.717, 1.165) is 16.8 Å². The number of hydrogen-bond donors (Lipinski definition) is 0. The lowest BCUT2D eigenvalue weighted by molar-refractivity contribution is 1.26. The number of hydrogen-bond acceptors (Lipinski definition) is 1. The zero-order valence-electron chi connectivity index (χ0n) is 10.0. The van der Waals surface area contributed by atoms with Crippen molar-refractivity contribution >= 4 is 10.8 Å². The molecule has 0 saturated heterocycles. The van der Waals surface area contributed by atoms with Crippen molar-refractivity contribution in [3.63, 3.8) is 0 Å². The Bertz CT molecular complexity index is 681. The summed E-state index contributed by atoms with van der Waals surface area (Å²) in [6.45, 7) is 5.69. The lowest BCUT2D eigenvalue weighted by atomic mass is 10.0. The van der Waals surface area contributed by atoms with Crippen LogP contribution in [0.4, 0.5) is 0 Å². The molecule has 0 bridgehead atoms. The summed E-state index contributed by atoms with van der Waals surface area (Å²) in [4.78, 5) is 4.51. The van der Waals surface area contributed by atoms with Crippen molar-refractivity contribution in [1.82, 2.24) is 4.98 Å². The molecule has 0 amide bonds. The van der Waals surface area contributed by atoms with E-state index in [9.17, 15) is 0 Å². The Morgan fingerprint density at radius 2 is 1.83 bits per heavy atom. The second-order valence-electron chi connectivity index (χ2n) is 4.29. The molecule has 3 aromatic rings. The summed E-state index contributed by atoms with van der Waals surface area (Å²) < 4.78 is 0. The fourth-order valence-electron chi connectivity index (χ4n) is 2.20. The van der Waals surface area contributed by atoms with Gasteiger partial charge in [0.05, 0.1) is 5.69 Å². The maximum atomic E-state index is 5.69. The lowest BCUT2D eigenvalue weighted by Gasteiger charge is -2.07. The van der Waals surface area contributed by atoms with E-state index in [1.807, 2.05) is 36.5 Å². The van der Waals surface area contributed by atoms with Crippen LogP contribution in [0.25, 0.3) is 22.0 Å². The third kappa shape index (κ3) is 1.88. The Labute approximate surface area is 107 Å². The van der Waals surface area contributed by atoms with Crippen LogP contribution in [0.2, 0.25) is 0 Å². The molecule has 0 unspecified atom stereocenters. The number of pyridine rings is 1. The first-order valence-electron chi connectivity index (χ1n) is 6.01. The molecule has 0 atom stereocenters. The Hall–Kier alpha value is -2.15. The number of fused-ring (bicyclic) bond motifs is 1. The summed E-state index contributed by atoms with van der Waals surface area (Å²) in [5, 5.41) is 2.38. The van der Waals surface area contributed by atoms with E-state index in [-0.39, 0.29) is 0 Å². The molecular weight excluding hydrogens is 218 g/mol. The number of nitrogens with zero attached hydrogens (tertiary/aromatic N) is 1. The van der Waals surface area contributed by atoms with Gasteiger partial charge >= 0.3 is 0 Å². The van der Waals surface area contributed by atoms with Crippen LogP contribution in [-0.2, 0) is 6.42 Å². The van der Waals surface area contributed by atoms with Crippen molar-refractivity contribution in [2.45, 2.75) is 6.42 Å². The zero-order valence-corrected chi connectivity index (χ0v) is 10.0. The summed E-state index contributed by atoms with van der Waals surface area (Å²) in [7, 11) is 0. The molecule has 3 rings (SSSR count). The molecule has 0 spiro atoms. The molecule has 2 radical (unpaired) electrons. The summed E-state index contributed by atoms with van der Waals surface area (Å²) >= 11 is 0. The highest BCUT2D eigenvalue weighted by molar-refractivity contribution is 5.94. The number of aromatic nitrogens is 1. The van der Waals surface area contributed by atoms with E-state index in [0.29, 0.717) is 6.42 Å². The molecule has 1 heterocycles. The molecule has 1 nitrogen and oxygen atoms in total. The Kier molecular flexibility index (Phi) is 2.81. The van der Waals surface area contributed by atoms with Gasteiger partial charge in [-0.05, 0) is 36.4 Å². The molecule has 0 saturated carbocycles. The third-order valence-electron chi connectivity index (χ3n) is 3.11. The quantitative estimate of drug-likeness (QED) is 0.645. The van der Waals surface area contributed by atoms with Crippen molar-refractivity contribution in [1.29, 1.82) is 0 Å². The lowest BCUT2D eigenvalue weighted by Crippen LogP contribution is -1.87. The number of rotatable bonds is 2. The minimum absolute atomic E-state index is 0.554. The van der Waals surface area contributed by atoms with Crippen LogP contribution in [0.15, 0.2) is 60.8 Å². The fraction of sp³-hybridized carbons (Fsp3) is 0.0588. The number of benzene rings is 2. The maximum absolute atomic E-state index is 5.69. The molecule has 0 N–H and O–H groups in total. The highest BCUT2D eigenvalue weighted by Gasteiger charge is 2.04. The van der Waals surface area contributed by atoms with Gasteiger partial charge in [0.2, 0.25) is 0 Å². The molecule has 0 aliphatic rings. The van der Waals surface area contributed by atoms with Crippen LogP contribution < -0.4 is 0 Å². The van der Waals surface area contributed by atoms with Crippen LogP contribution in [0.5, 0.6) is 0 Å². The molecule has 0 aliphatic heterocycles. The van der Waals surface area contributed by atoms with Gasteiger partial charge in [0, 0.05) is 17.1 Å². The van der Waals surface area contributed by atoms with Crippen LogP contribution in [-0.4, -0.2) is 4.98 Å². The molecule has 0 aliphatic carbocycles. The highest BCUT2D eigenvalue weighted by Crippen LogP contribution is 2.26. The van der Waals surface area contributed by atoms with Crippen molar-refractivity contribution in [3.8, 4) is 11.3 Å². The van der Waals surface area contributed by atoms with Gasteiger partial charge in [0.1, 0.15) is 0 Å². The second-order valence-corrected chi connectivity index (χ2v) is 4.29. The molecule has 18 heavy (non-hydrogen) atoms. The zero-order chi connectivity index (χ0) is 12.4. The van der Waals surface area contributed by atoms with Crippen molar-refractivity contribution < 1.29 is 0 Å². The van der Waals surface area contributed by atoms with E-state index in [4.69, 9.17) is 6.92 Å². The summed E-state index contributed by atoms with van der Waals surface area (Å²) in [5.41, 5.74) is 3.26. The van der Waals surface area contributed by atoms with Gasteiger partial charge < -0.3 is 0 Å². The molecule has 2 aromatic carbocycles. The van der Waals surface area contributed by atoms with E-state index in [1.54, 1.807) is 0 Å². The van der Waals surface area contributed by atoms with Crippen LogP contribution in [0, 0.1) is 6.92 Å². The maximum Gasteiger partial charge on any atom is 0.0780 e. The van der Waals surface area contributed by atoms with Crippen molar-refractivity contribution in [3.05, 3.63) is 73.3 Å². The standard InChI is InChI=1S/C17H13N/c1-2-13-6-5-8-15(12-13)17-16-9-4-3-7-14(16)10-11-18-17/h1,3-12H,2H2. The van der Waals surface area contributed by atoms with Gasteiger partial charge in [0.15, 0.2) is 0 Å². The Morgan fingerprint density at radius 3 is 2.72 bits per heavy atom. The smallest absolute Gasteiger partial charge is 0.0780 e. The van der Waals surface area contributed by atoms with Gasteiger partial charge in [0.25, 0.3) is 0 Å². The van der Waals surface area contributed by atoms with Gasteiger partial charge in [-0.25, -0.2) is 0 Å². The first kappa shape index (κ1) is 11.0. The SMILES string of the molecule is [CH]Cc1cccc(-c2nccc3ccccc23)c1. The normalized spacial score (nSPS) is 10.7. The predicted molar refractivity (Wildman–Crippen MR) is 75.2 cm³/mol. The average Bonchev–Trinajstić information content (AvgIpc) is 2.47. The second kappa shape index (κ2) is 4.61. The summed E-state index contributed by atoms with van der Waals surface area (Å²) in [6, 6.07) is 18.6. The van der Waals surface area contributed by atoms with Gasteiger partial charge in [-0.2, -0.15) is 0 Å². The van der Waals surface area contributed by atoms with Crippen molar-refractivity contribution in [2.75, 3.05) is 0 Å². The molecular formula is C17H13N. The molecule has 1 aromatic heterocycles. The van der Waals surface area contributed by atoms with E-state index >= 15 is 0 Å². The highest BCUT2D eigenvalue weighted by atomic mass is 14.7. The van der Waals surface area contributed by atoms with Gasteiger partial charge in [-0.1, -0.05) is 42.5 Å². The van der Waals surface area contributed by atoms with Crippen LogP contribution >= 0.6 is 0 Å². The van der Waals surface area contributed by atoms with Crippen LogP contribution in [0.1, 0.15) is 5.56 Å². The molecule has 86 valence electrons. The Morgan fingerprint density at radius 1 is 0.944 bits per heavy atom. The van der Waals surface area contributed by atoms with Gasteiger partial charge in [-0.3, -0.25) is 4.98 Å². The van der Waals surface area contributed by atoms with E-state index in [2.05, 4.69) is 29.2 Å². The van der Waals surface area contributed by atoms with Gasteiger partial charge in [-0.15, -0.1) is 0 Å². The monoisotopic (exact) mass is 231 g/mol. The molecule has 0 fully saturated rings. The largest absolute Gasteiger partial charge is 0.256 e. The molecule has 1 heteroatoms. The minimum Gasteiger partial charge on any atom is -0.256 e. The van der Waals surface area contributed by atoms with Crippen LogP contribution in [0.3, 0.4) is 0 Å². The van der Waals surface area contributed by atoms with E-state index in [1.165, 1.54) is 10.8 Å². The summed E-state index contributed by atoms with van der Waals surface area (Å²) in [5.74, 6) is 0. The topological polar surface area (TPSA) is 12.9 Å². The first-order chi connectivity index (χ1) is 8.88. The third-order valence-corrected chi connectivity index (χ3v) is 3.11. The van der Waals surface area contributed by atoms with Crippen molar-refractivity contribution in [2.24, 2.45) is 0 Å². The predicted octanol–water partition coefficient (Wildman–Crippen LogP) is 4.16. The average molecular weight is 231 g/mol. The minimum atomic E-state index is 0.554. The van der Waals surface area contributed by atoms with E-state index < -0.39 is 0 Å². The summed E-state index contributed by atoms with van der Waals surface area (Å²) in [6.07, 6.45) is 2.41. The fourth-order valence-corrected chi connectivity index (χ4v) is 2.20. The Balaban J connectivity index is 2.24.